The molecule has 0 spiro atoms. The lowest BCUT2D eigenvalue weighted by Gasteiger charge is -2.35. The Kier molecular flexibility index (Phi) is 9.89. The molecular weight excluding hydrogens is 362 g/mol. The van der Waals surface area contributed by atoms with Crippen LogP contribution in [0.3, 0.4) is 0 Å². The molecule has 0 amide bonds. The van der Waals surface area contributed by atoms with Gasteiger partial charge in [-0.15, -0.1) is 0 Å². The van der Waals surface area contributed by atoms with E-state index in [4.69, 9.17) is 4.55 Å². The van der Waals surface area contributed by atoms with Gasteiger partial charge in [0.2, 0.25) is 0 Å². The molecule has 0 fully saturated rings. The number of carbonyl (C=O) groups excluding carboxylic acids is 1. The van der Waals surface area contributed by atoms with Gasteiger partial charge >= 0.3 is 10.4 Å². The van der Waals surface area contributed by atoms with Gasteiger partial charge in [-0.05, 0) is 51.2 Å². The molecule has 0 heterocycles. The van der Waals surface area contributed by atoms with Crippen LogP contribution in [0.2, 0.25) is 0 Å². The lowest BCUT2D eigenvalue weighted by atomic mass is 9.91. The molecule has 1 N–H and O–H groups in total. The normalized spacial score (nSPS) is 12.1. The van der Waals surface area contributed by atoms with Crippen molar-refractivity contribution in [3.05, 3.63) is 29.8 Å². The molecular formula is C17H30NO5S2+. The minimum Gasteiger partial charge on any atom is -0.292 e. The maximum absolute atomic E-state index is 12.7. The predicted octanol–water partition coefficient (Wildman–Crippen LogP) is 2.66. The van der Waals surface area contributed by atoms with Gasteiger partial charge in [-0.1, -0.05) is 13.8 Å². The maximum atomic E-state index is 12.7. The van der Waals surface area contributed by atoms with Gasteiger partial charge in [0.1, 0.15) is 12.5 Å². The van der Waals surface area contributed by atoms with Crippen molar-refractivity contribution >= 4 is 27.1 Å². The van der Waals surface area contributed by atoms with E-state index in [-0.39, 0.29) is 16.7 Å². The van der Waals surface area contributed by atoms with Crippen molar-refractivity contribution in [2.24, 2.45) is 0 Å². The van der Waals surface area contributed by atoms with Crippen LogP contribution in [0.4, 0.5) is 0 Å². The van der Waals surface area contributed by atoms with E-state index < -0.39 is 15.9 Å². The number of ketones is 1. The largest absolute Gasteiger partial charge is 0.397 e. The second kappa shape index (κ2) is 10.3. The zero-order valence-electron chi connectivity index (χ0n) is 16.1. The van der Waals surface area contributed by atoms with Crippen molar-refractivity contribution in [2.45, 2.75) is 38.1 Å². The molecule has 0 radical (unpaired) electrons. The summed E-state index contributed by atoms with van der Waals surface area (Å²) in [4.78, 5) is 16.2. The minimum atomic E-state index is -4.16. The Morgan fingerprint density at radius 1 is 1.16 bits per heavy atom. The summed E-state index contributed by atoms with van der Waals surface area (Å²) in [6, 6.07) is 8.09. The topological polar surface area (TPSA) is 83.9 Å². The Balaban J connectivity index is 0.000000823. The van der Waals surface area contributed by atoms with Crippen LogP contribution in [0.5, 0.6) is 0 Å². The number of benzene rings is 1. The summed E-state index contributed by atoms with van der Waals surface area (Å²) in [5.41, 5.74) is 0.372. The number of carbonyl (C=O) groups is 1. The van der Waals surface area contributed by atoms with E-state index >= 15 is 0 Å². The van der Waals surface area contributed by atoms with Crippen LogP contribution < -0.4 is 0 Å². The summed E-state index contributed by atoms with van der Waals surface area (Å²) in [6.45, 7) is 10.0. The Hall–Kier alpha value is -0.930. The first kappa shape index (κ1) is 24.1. The van der Waals surface area contributed by atoms with Crippen LogP contribution in [-0.4, -0.2) is 61.9 Å². The lowest BCUT2D eigenvalue weighted by Crippen LogP contribution is -2.49. The summed E-state index contributed by atoms with van der Waals surface area (Å²) in [5.74, 6) is 0.204. The Morgan fingerprint density at radius 2 is 1.56 bits per heavy atom. The van der Waals surface area contributed by atoms with E-state index in [1.165, 1.54) is 4.90 Å². The van der Waals surface area contributed by atoms with Gasteiger partial charge in [0, 0.05) is 16.5 Å². The number of rotatable bonds is 7. The van der Waals surface area contributed by atoms with Crippen LogP contribution in [0.1, 0.15) is 38.1 Å². The van der Waals surface area contributed by atoms with E-state index in [1.54, 1.807) is 0 Å². The van der Waals surface area contributed by atoms with Gasteiger partial charge in [0.25, 0.3) is 0 Å². The molecule has 0 unspecified atom stereocenters. The smallest absolute Gasteiger partial charge is 0.292 e. The highest BCUT2D eigenvalue weighted by molar-refractivity contribution is 7.95. The maximum Gasteiger partial charge on any atom is 0.397 e. The molecule has 0 saturated carbocycles. The zero-order chi connectivity index (χ0) is 19.8. The fraction of sp³-hybridized carbons (Fsp3) is 0.588. The standard InChI is InChI=1S/C16H26NOS.CH4O4S/c1-7-17(8-2)16(3,4)15(18)13-9-11-14(12-10-13)19(5)6;1-5-6(2,3)4/h9-12H,7-8H2,1-6H3;1H3,(H,2,3,4)/q+1;. The quantitative estimate of drug-likeness (QED) is 0.436. The molecule has 6 nitrogen and oxygen atoms in total. The van der Waals surface area contributed by atoms with E-state index in [9.17, 15) is 13.2 Å². The molecule has 0 aromatic heterocycles. The van der Waals surface area contributed by atoms with Gasteiger partial charge in [0.05, 0.1) is 12.6 Å². The third kappa shape index (κ3) is 7.87. The molecule has 0 atom stereocenters. The monoisotopic (exact) mass is 392 g/mol. The van der Waals surface area contributed by atoms with Crippen molar-refractivity contribution in [2.75, 3.05) is 32.7 Å². The number of Topliss-reactive ketones (excluding diaryl/α,β-unsaturated/α-hetero) is 1. The van der Waals surface area contributed by atoms with Crippen LogP contribution in [0, 0.1) is 0 Å². The van der Waals surface area contributed by atoms with E-state index in [1.807, 2.05) is 26.0 Å². The van der Waals surface area contributed by atoms with Gasteiger partial charge < -0.3 is 0 Å². The second-order valence-electron chi connectivity index (χ2n) is 6.00. The van der Waals surface area contributed by atoms with Crippen LogP contribution in [0.25, 0.3) is 0 Å². The summed E-state index contributed by atoms with van der Waals surface area (Å²) >= 11 is 0. The molecule has 1 rings (SSSR count). The van der Waals surface area contributed by atoms with E-state index in [0.29, 0.717) is 0 Å². The molecule has 1 aromatic carbocycles. The molecule has 0 aliphatic heterocycles. The average Bonchev–Trinajstić information content (AvgIpc) is 2.55. The van der Waals surface area contributed by atoms with E-state index in [2.05, 4.69) is 47.6 Å². The summed E-state index contributed by atoms with van der Waals surface area (Å²) in [6.07, 6.45) is 4.38. The molecule has 25 heavy (non-hydrogen) atoms. The SMILES string of the molecule is CCN(CC)C(C)(C)C(=O)c1ccc([S+](C)C)cc1.COS(=O)(=O)O. The summed E-state index contributed by atoms with van der Waals surface area (Å²) < 4.78 is 29.7. The molecule has 144 valence electrons. The van der Waals surface area contributed by atoms with Crippen molar-refractivity contribution < 1.29 is 21.9 Å². The minimum absolute atomic E-state index is 0.204. The van der Waals surface area contributed by atoms with Crippen molar-refractivity contribution in [3.8, 4) is 0 Å². The first-order valence-electron chi connectivity index (χ1n) is 7.91. The highest BCUT2D eigenvalue weighted by atomic mass is 32.3. The number of hydrogen-bond donors (Lipinski definition) is 1. The van der Waals surface area contributed by atoms with Crippen molar-refractivity contribution in [3.63, 3.8) is 0 Å². The Morgan fingerprint density at radius 3 is 1.84 bits per heavy atom. The van der Waals surface area contributed by atoms with Gasteiger partial charge in [-0.25, -0.2) is 0 Å². The fourth-order valence-electron chi connectivity index (χ4n) is 2.39. The third-order valence-corrected chi connectivity index (χ3v) is 5.54. The number of nitrogens with zero attached hydrogens (tertiary/aromatic N) is 1. The predicted molar refractivity (Wildman–Crippen MR) is 104 cm³/mol. The molecule has 0 bridgehead atoms. The lowest BCUT2D eigenvalue weighted by molar-refractivity contribution is 0.0668. The molecule has 1 aromatic rings. The summed E-state index contributed by atoms with van der Waals surface area (Å²) in [5, 5.41) is 0. The number of likely N-dealkylation sites (N-methyl/N-ethyl adjacent to an activating group) is 1. The Labute approximate surface area is 154 Å². The highest BCUT2D eigenvalue weighted by Crippen LogP contribution is 2.21. The van der Waals surface area contributed by atoms with Crippen LogP contribution in [-0.2, 0) is 25.5 Å². The molecule has 8 heteroatoms. The fourth-order valence-corrected chi connectivity index (χ4v) is 3.07. The van der Waals surface area contributed by atoms with Gasteiger partial charge in [-0.2, -0.15) is 8.42 Å². The zero-order valence-corrected chi connectivity index (χ0v) is 17.7. The average molecular weight is 393 g/mol. The highest BCUT2D eigenvalue weighted by Gasteiger charge is 2.33. The van der Waals surface area contributed by atoms with Crippen molar-refractivity contribution in [1.82, 2.24) is 4.90 Å². The first-order chi connectivity index (χ1) is 11.4. The van der Waals surface area contributed by atoms with Crippen LogP contribution >= 0.6 is 0 Å². The molecule has 0 aliphatic carbocycles. The first-order valence-corrected chi connectivity index (χ1v) is 11.3. The molecule has 0 aliphatic rings. The van der Waals surface area contributed by atoms with Crippen molar-refractivity contribution in [1.29, 1.82) is 0 Å². The van der Waals surface area contributed by atoms with Gasteiger partial charge in [0.15, 0.2) is 10.7 Å². The Bertz CT molecular complexity index is 636. The molecule has 0 saturated heterocycles. The second-order valence-corrected chi connectivity index (χ2v) is 9.29. The van der Waals surface area contributed by atoms with Crippen LogP contribution in [0.15, 0.2) is 29.2 Å². The van der Waals surface area contributed by atoms with E-state index in [0.717, 1.165) is 25.8 Å². The van der Waals surface area contributed by atoms with Gasteiger partial charge in [-0.3, -0.25) is 18.4 Å². The number of hydrogen-bond acceptors (Lipinski definition) is 5. The third-order valence-electron chi connectivity index (χ3n) is 3.91. The summed E-state index contributed by atoms with van der Waals surface area (Å²) in [7, 11) is -3.05.